The van der Waals surface area contributed by atoms with Crippen LogP contribution >= 0.6 is 0 Å². The molecule has 0 bridgehead atoms. The molecule has 0 saturated heterocycles. The third kappa shape index (κ3) is 7.86. The quantitative estimate of drug-likeness (QED) is 0.130. The summed E-state index contributed by atoms with van der Waals surface area (Å²) in [7, 11) is 0. The Morgan fingerprint density at radius 1 is 0.840 bits per heavy atom. The van der Waals surface area contributed by atoms with Crippen molar-refractivity contribution in [3.05, 3.63) is 156 Å². The van der Waals surface area contributed by atoms with E-state index in [4.69, 9.17) is 14.2 Å². The molecule has 2 N–H and O–H groups in total. The first kappa shape index (κ1) is 34.4. The Balaban J connectivity index is 1.16. The van der Waals surface area contributed by atoms with E-state index in [9.17, 15) is 9.90 Å². The maximum Gasteiger partial charge on any atom is 0.407 e. The van der Waals surface area contributed by atoms with Gasteiger partial charge < -0.3 is 24.6 Å². The van der Waals surface area contributed by atoms with Crippen LogP contribution in [0.1, 0.15) is 48.6 Å². The minimum Gasteiger partial charge on any atom is -0.489 e. The van der Waals surface area contributed by atoms with Crippen molar-refractivity contribution >= 4 is 11.6 Å². The molecule has 9 heteroatoms. The van der Waals surface area contributed by atoms with Crippen molar-refractivity contribution in [3.63, 3.8) is 0 Å². The lowest BCUT2D eigenvalue weighted by Crippen LogP contribution is -2.37. The van der Waals surface area contributed by atoms with E-state index in [-0.39, 0.29) is 13.2 Å². The fourth-order valence-corrected chi connectivity index (χ4v) is 5.96. The smallest absolute Gasteiger partial charge is 0.407 e. The number of aryl methyl sites for hydroxylation is 1. The predicted octanol–water partition coefficient (Wildman–Crippen LogP) is 7.48. The van der Waals surface area contributed by atoms with Crippen LogP contribution in [0.2, 0.25) is 0 Å². The highest BCUT2D eigenvalue weighted by Crippen LogP contribution is 2.40. The highest BCUT2D eigenvalue weighted by Gasteiger charge is 2.38. The van der Waals surface area contributed by atoms with Crippen LogP contribution in [0.3, 0.4) is 0 Å². The molecular formula is C41H42N4O5. The predicted molar refractivity (Wildman–Crippen MR) is 193 cm³/mol. The van der Waals surface area contributed by atoms with E-state index in [0.717, 1.165) is 44.6 Å². The van der Waals surface area contributed by atoms with E-state index in [1.807, 2.05) is 143 Å². The number of aliphatic hydroxyl groups excluding tert-OH is 1. The molecule has 0 aliphatic rings. The normalized spacial score (nSPS) is 12.4. The van der Waals surface area contributed by atoms with Crippen LogP contribution in [-0.4, -0.2) is 50.7 Å². The molecule has 6 rings (SSSR count). The summed E-state index contributed by atoms with van der Waals surface area (Å²) in [5, 5.41) is 18.4. The molecule has 0 unspecified atom stereocenters. The van der Waals surface area contributed by atoms with Crippen molar-refractivity contribution in [1.82, 2.24) is 19.9 Å². The summed E-state index contributed by atoms with van der Waals surface area (Å²) >= 11 is 0. The van der Waals surface area contributed by atoms with Crippen molar-refractivity contribution in [2.75, 3.05) is 13.2 Å². The number of amides is 1. The van der Waals surface area contributed by atoms with Gasteiger partial charge in [-0.3, -0.25) is 0 Å². The molecule has 0 saturated carbocycles. The molecule has 2 heterocycles. The number of hydrogen-bond acceptors (Lipinski definition) is 7. The lowest BCUT2D eigenvalue weighted by Gasteiger charge is -2.36. The molecule has 1 atom stereocenters. The summed E-state index contributed by atoms with van der Waals surface area (Å²) in [6.45, 7) is 7.86. The number of alkyl carbamates (subject to hydrolysis) is 1. The summed E-state index contributed by atoms with van der Waals surface area (Å²) in [6, 6.07) is 38.0. The first-order chi connectivity index (χ1) is 24.1. The number of ether oxygens (including phenoxy) is 3. The third-order valence-electron chi connectivity index (χ3n) is 8.29. The largest absolute Gasteiger partial charge is 0.489 e. The summed E-state index contributed by atoms with van der Waals surface area (Å²) in [4.78, 5) is 16.7. The Labute approximate surface area is 292 Å². The van der Waals surface area contributed by atoms with Gasteiger partial charge in [-0.25, -0.2) is 14.3 Å². The average Bonchev–Trinajstić information content (AvgIpc) is 3.55. The van der Waals surface area contributed by atoms with Gasteiger partial charge in [-0.05, 0) is 61.6 Å². The Kier molecular flexibility index (Phi) is 10.3. The molecule has 0 radical (unpaired) electrons. The molecule has 1 amide bonds. The Morgan fingerprint density at radius 3 is 2.00 bits per heavy atom. The van der Waals surface area contributed by atoms with E-state index < -0.39 is 23.4 Å². The molecule has 6 aromatic rings. The topological polar surface area (TPSA) is 107 Å². The van der Waals surface area contributed by atoms with E-state index in [1.54, 1.807) is 10.7 Å². The van der Waals surface area contributed by atoms with Gasteiger partial charge in [-0.15, -0.1) is 0 Å². The number of benzene rings is 4. The first-order valence-electron chi connectivity index (χ1n) is 16.6. The fourth-order valence-electron chi connectivity index (χ4n) is 5.96. The molecule has 2 aromatic heterocycles. The highest BCUT2D eigenvalue weighted by molar-refractivity contribution is 5.78. The van der Waals surface area contributed by atoms with Crippen molar-refractivity contribution in [1.29, 1.82) is 0 Å². The van der Waals surface area contributed by atoms with E-state index in [2.05, 4.69) is 15.4 Å². The number of aromatic nitrogens is 3. The van der Waals surface area contributed by atoms with Crippen molar-refractivity contribution < 1.29 is 24.1 Å². The van der Waals surface area contributed by atoms with Crippen LogP contribution < -0.4 is 10.1 Å². The zero-order chi connectivity index (χ0) is 35.1. The van der Waals surface area contributed by atoms with Crippen molar-refractivity contribution in [2.45, 2.75) is 51.5 Å². The van der Waals surface area contributed by atoms with Gasteiger partial charge in [0.25, 0.3) is 0 Å². The van der Waals surface area contributed by atoms with Crippen LogP contribution in [0.4, 0.5) is 4.79 Å². The second kappa shape index (κ2) is 14.9. The standard InChI is InChI=1S/C41H42N4O5/c1-29-22-30(20-21-31(29)24-42-39(47)50-40(2,3)4)38-37-23-36(25-45(37)44-28-43-38)48-26-35(46)27-49-41(32-14-8-5-9-15-32,33-16-10-6-11-17-33)34-18-12-7-13-19-34/h5-23,25,28,35,46H,24,26-27H2,1-4H3,(H,42,47)/t35-/m0/s1. The monoisotopic (exact) mass is 670 g/mol. The maximum atomic E-state index is 12.1. The number of aliphatic hydroxyl groups is 1. The van der Waals surface area contributed by atoms with Crippen molar-refractivity contribution in [2.24, 2.45) is 0 Å². The lowest BCUT2D eigenvalue weighted by atomic mass is 9.80. The zero-order valence-corrected chi connectivity index (χ0v) is 28.7. The Morgan fingerprint density at radius 2 is 1.44 bits per heavy atom. The number of hydrogen-bond donors (Lipinski definition) is 2. The van der Waals surface area contributed by atoms with E-state index >= 15 is 0 Å². The molecule has 256 valence electrons. The van der Waals surface area contributed by atoms with Gasteiger partial charge in [0.05, 0.1) is 24.0 Å². The number of nitrogens with zero attached hydrogens (tertiary/aromatic N) is 3. The van der Waals surface area contributed by atoms with Gasteiger partial charge >= 0.3 is 6.09 Å². The van der Waals surface area contributed by atoms with Crippen LogP contribution in [0.5, 0.6) is 5.75 Å². The van der Waals surface area contributed by atoms with Crippen LogP contribution in [-0.2, 0) is 21.6 Å². The second-order valence-electron chi connectivity index (χ2n) is 13.2. The number of carbonyl (C=O) groups excluding carboxylic acids is 1. The molecule has 0 aliphatic carbocycles. The van der Waals surface area contributed by atoms with Gasteiger partial charge in [-0.1, -0.05) is 103 Å². The number of fused-ring (bicyclic) bond motifs is 1. The summed E-state index contributed by atoms with van der Waals surface area (Å²) in [6.07, 6.45) is 1.88. The molecule has 50 heavy (non-hydrogen) atoms. The molecule has 0 spiro atoms. The first-order valence-corrected chi connectivity index (χ1v) is 16.6. The van der Waals surface area contributed by atoms with E-state index in [0.29, 0.717) is 12.3 Å². The summed E-state index contributed by atoms with van der Waals surface area (Å²) in [5.41, 5.74) is 5.71. The molecule has 4 aromatic carbocycles. The van der Waals surface area contributed by atoms with Crippen LogP contribution in [0.25, 0.3) is 16.8 Å². The third-order valence-corrected chi connectivity index (χ3v) is 8.29. The van der Waals surface area contributed by atoms with Crippen LogP contribution in [0.15, 0.2) is 128 Å². The minimum absolute atomic E-state index is 0.00649. The Hall–Kier alpha value is -5.51. The van der Waals surface area contributed by atoms with Crippen molar-refractivity contribution in [3.8, 4) is 17.0 Å². The van der Waals surface area contributed by atoms with Gasteiger partial charge in [0, 0.05) is 18.2 Å². The fraction of sp³-hybridized carbons (Fsp3) is 0.244. The van der Waals surface area contributed by atoms with E-state index in [1.165, 1.54) is 6.33 Å². The average molecular weight is 671 g/mol. The summed E-state index contributed by atoms with van der Waals surface area (Å²) < 4.78 is 19.9. The second-order valence-corrected chi connectivity index (χ2v) is 13.2. The van der Waals surface area contributed by atoms with Gasteiger partial charge in [0.15, 0.2) is 0 Å². The molecule has 0 fully saturated rings. The number of carbonyl (C=O) groups is 1. The zero-order valence-electron chi connectivity index (χ0n) is 28.7. The Bertz CT molecular complexity index is 1930. The SMILES string of the molecule is Cc1cc(-c2ncnn3cc(OC[C@H](O)COC(c4ccccc4)(c4ccccc4)c4ccccc4)cc23)ccc1CNC(=O)OC(C)(C)C. The number of rotatable bonds is 12. The number of nitrogens with one attached hydrogen (secondary N) is 1. The maximum absolute atomic E-state index is 12.1. The minimum atomic E-state index is -0.945. The molecule has 9 nitrogen and oxygen atoms in total. The van der Waals surface area contributed by atoms with Gasteiger partial charge in [0.2, 0.25) is 0 Å². The summed E-state index contributed by atoms with van der Waals surface area (Å²) in [5.74, 6) is 0.543. The van der Waals surface area contributed by atoms with Crippen LogP contribution in [0, 0.1) is 6.92 Å². The highest BCUT2D eigenvalue weighted by atomic mass is 16.6. The molecule has 0 aliphatic heterocycles. The van der Waals surface area contributed by atoms with Gasteiger partial charge in [-0.2, -0.15) is 5.10 Å². The molecular weight excluding hydrogens is 628 g/mol. The van der Waals surface area contributed by atoms with Gasteiger partial charge in [0.1, 0.15) is 36.0 Å². The lowest BCUT2D eigenvalue weighted by molar-refractivity contribution is -0.0493.